The molecular weight excluding hydrogens is 324 g/mol. The van der Waals surface area contributed by atoms with E-state index in [4.69, 9.17) is 4.74 Å². The minimum Gasteiger partial charge on any atom is -0.371 e. The van der Waals surface area contributed by atoms with Crippen LogP contribution >= 0.6 is 31.9 Å². The van der Waals surface area contributed by atoms with E-state index in [2.05, 4.69) is 31.9 Å². The van der Waals surface area contributed by atoms with E-state index in [0.29, 0.717) is 5.56 Å². The van der Waals surface area contributed by atoms with Gasteiger partial charge in [0.25, 0.3) is 0 Å². The topological polar surface area (TPSA) is 26.3 Å². The average molecular weight is 336 g/mol. The number of Topliss-reactive ketones (excluding diaryl/α,β-unsaturated/α-hetero) is 1. The smallest absolute Gasteiger partial charge is 0.189 e. The molecule has 4 heteroatoms. The van der Waals surface area contributed by atoms with Crippen LogP contribution in [-0.2, 0) is 4.74 Å². The van der Waals surface area contributed by atoms with Crippen molar-refractivity contribution in [1.29, 1.82) is 0 Å². The molecule has 1 aromatic carbocycles. The van der Waals surface area contributed by atoms with Gasteiger partial charge in [-0.15, -0.1) is 0 Å². The van der Waals surface area contributed by atoms with Crippen molar-refractivity contribution in [2.75, 3.05) is 6.61 Å². The highest BCUT2D eigenvalue weighted by atomic mass is 79.9. The molecule has 0 amide bonds. The lowest BCUT2D eigenvalue weighted by molar-refractivity contribution is 0.0584. The SMILES string of the molecule is CC(C)OCC(=O)c1ccc(Br)cc1Br. The van der Waals surface area contributed by atoms with Gasteiger partial charge in [-0.3, -0.25) is 4.79 Å². The molecule has 0 aliphatic rings. The van der Waals surface area contributed by atoms with Gasteiger partial charge < -0.3 is 4.74 Å². The minimum absolute atomic E-state index is 0.0110. The van der Waals surface area contributed by atoms with Crippen LogP contribution in [0.25, 0.3) is 0 Å². The molecule has 0 saturated heterocycles. The van der Waals surface area contributed by atoms with Crippen LogP contribution in [0.15, 0.2) is 27.1 Å². The number of ether oxygens (including phenoxy) is 1. The van der Waals surface area contributed by atoms with Gasteiger partial charge in [0, 0.05) is 14.5 Å². The second kappa shape index (κ2) is 5.77. The first-order chi connectivity index (χ1) is 7.00. The van der Waals surface area contributed by atoms with Gasteiger partial charge in [0.2, 0.25) is 0 Å². The number of hydrogen-bond donors (Lipinski definition) is 0. The van der Waals surface area contributed by atoms with Crippen molar-refractivity contribution in [3.63, 3.8) is 0 Å². The van der Waals surface area contributed by atoms with Gasteiger partial charge in [-0.25, -0.2) is 0 Å². The van der Waals surface area contributed by atoms with E-state index in [0.717, 1.165) is 8.95 Å². The highest BCUT2D eigenvalue weighted by Gasteiger charge is 2.10. The molecule has 2 nitrogen and oxygen atoms in total. The number of carbonyl (C=O) groups is 1. The van der Waals surface area contributed by atoms with E-state index in [1.54, 1.807) is 6.07 Å². The van der Waals surface area contributed by atoms with Gasteiger partial charge in [0.05, 0.1) is 6.10 Å². The second-order valence-electron chi connectivity index (χ2n) is 3.41. The normalized spacial score (nSPS) is 10.7. The van der Waals surface area contributed by atoms with E-state index in [9.17, 15) is 4.79 Å². The molecule has 0 atom stereocenters. The molecule has 15 heavy (non-hydrogen) atoms. The lowest BCUT2D eigenvalue weighted by Crippen LogP contribution is -2.13. The van der Waals surface area contributed by atoms with Crippen molar-refractivity contribution in [1.82, 2.24) is 0 Å². The first kappa shape index (κ1) is 12.9. The van der Waals surface area contributed by atoms with Gasteiger partial charge in [0.1, 0.15) is 6.61 Å². The Morgan fingerprint density at radius 1 is 1.40 bits per heavy atom. The predicted octanol–water partition coefficient (Wildman–Crippen LogP) is 3.82. The van der Waals surface area contributed by atoms with Crippen molar-refractivity contribution in [3.8, 4) is 0 Å². The number of carbonyl (C=O) groups excluding carboxylic acids is 1. The summed E-state index contributed by atoms with van der Waals surface area (Å²) in [5.74, 6) is -0.0110. The number of benzene rings is 1. The highest BCUT2D eigenvalue weighted by molar-refractivity contribution is 9.11. The van der Waals surface area contributed by atoms with Crippen molar-refractivity contribution in [2.45, 2.75) is 20.0 Å². The fraction of sp³-hybridized carbons (Fsp3) is 0.364. The Morgan fingerprint density at radius 2 is 2.07 bits per heavy atom. The Balaban J connectivity index is 2.74. The van der Waals surface area contributed by atoms with Crippen molar-refractivity contribution >= 4 is 37.6 Å². The molecule has 1 rings (SSSR count). The molecule has 0 heterocycles. The molecule has 0 radical (unpaired) electrons. The fourth-order valence-electron chi connectivity index (χ4n) is 1.04. The van der Waals surface area contributed by atoms with Crippen molar-refractivity contribution in [2.24, 2.45) is 0 Å². The average Bonchev–Trinajstić information content (AvgIpc) is 2.14. The van der Waals surface area contributed by atoms with Gasteiger partial charge >= 0.3 is 0 Å². The molecule has 0 aromatic heterocycles. The van der Waals surface area contributed by atoms with Crippen LogP contribution in [0.4, 0.5) is 0 Å². The van der Waals surface area contributed by atoms with Crippen LogP contribution in [0.1, 0.15) is 24.2 Å². The minimum atomic E-state index is -0.0110. The summed E-state index contributed by atoms with van der Waals surface area (Å²) in [6, 6.07) is 5.47. The summed E-state index contributed by atoms with van der Waals surface area (Å²) in [6.07, 6.45) is 0.0724. The summed E-state index contributed by atoms with van der Waals surface area (Å²) in [5, 5.41) is 0. The Labute approximate surface area is 106 Å². The predicted molar refractivity (Wildman–Crippen MR) is 67.3 cm³/mol. The van der Waals surface area contributed by atoms with Gasteiger partial charge in [-0.2, -0.15) is 0 Å². The number of rotatable bonds is 4. The van der Waals surface area contributed by atoms with Gasteiger partial charge in [-0.1, -0.05) is 31.9 Å². The molecule has 82 valence electrons. The molecule has 0 saturated carbocycles. The van der Waals surface area contributed by atoms with E-state index in [1.165, 1.54) is 0 Å². The summed E-state index contributed by atoms with van der Waals surface area (Å²) in [5.41, 5.74) is 0.652. The Bertz CT molecular complexity index is 362. The molecule has 0 spiro atoms. The van der Waals surface area contributed by atoms with Crippen LogP contribution in [-0.4, -0.2) is 18.5 Å². The maximum Gasteiger partial charge on any atom is 0.189 e. The van der Waals surface area contributed by atoms with Crippen LogP contribution in [0, 0.1) is 0 Å². The molecule has 0 aliphatic heterocycles. The summed E-state index contributed by atoms with van der Waals surface area (Å²) in [7, 11) is 0. The lowest BCUT2D eigenvalue weighted by Gasteiger charge is -2.07. The summed E-state index contributed by atoms with van der Waals surface area (Å²) >= 11 is 6.68. The highest BCUT2D eigenvalue weighted by Crippen LogP contribution is 2.22. The maximum absolute atomic E-state index is 11.7. The quantitative estimate of drug-likeness (QED) is 0.782. The van der Waals surface area contributed by atoms with Crippen LogP contribution in [0.5, 0.6) is 0 Å². The summed E-state index contributed by atoms with van der Waals surface area (Å²) in [4.78, 5) is 11.7. The van der Waals surface area contributed by atoms with Crippen LogP contribution < -0.4 is 0 Å². The number of ketones is 1. The molecular formula is C11H12Br2O2. The molecule has 0 fully saturated rings. The first-order valence-electron chi connectivity index (χ1n) is 4.60. The monoisotopic (exact) mass is 334 g/mol. The van der Waals surface area contributed by atoms with Crippen molar-refractivity contribution < 1.29 is 9.53 Å². The second-order valence-corrected chi connectivity index (χ2v) is 5.18. The third-order valence-electron chi connectivity index (χ3n) is 1.78. The van der Waals surface area contributed by atoms with E-state index in [-0.39, 0.29) is 18.5 Å². The maximum atomic E-state index is 11.7. The van der Waals surface area contributed by atoms with E-state index in [1.807, 2.05) is 26.0 Å². The Hall–Kier alpha value is -0.190. The Kier molecular flexibility index (Phi) is 4.96. The van der Waals surface area contributed by atoms with Gasteiger partial charge in [-0.05, 0) is 32.0 Å². The lowest BCUT2D eigenvalue weighted by atomic mass is 10.1. The molecule has 1 aromatic rings. The fourth-order valence-corrected chi connectivity index (χ4v) is 2.30. The molecule has 0 N–H and O–H groups in total. The van der Waals surface area contributed by atoms with E-state index < -0.39 is 0 Å². The number of halogens is 2. The molecule has 0 bridgehead atoms. The Morgan fingerprint density at radius 3 is 2.60 bits per heavy atom. The zero-order chi connectivity index (χ0) is 11.4. The largest absolute Gasteiger partial charge is 0.371 e. The first-order valence-corrected chi connectivity index (χ1v) is 6.19. The summed E-state index contributed by atoms with van der Waals surface area (Å²) < 4.78 is 6.99. The third-order valence-corrected chi connectivity index (χ3v) is 2.93. The summed E-state index contributed by atoms with van der Waals surface area (Å²) in [6.45, 7) is 3.94. The zero-order valence-electron chi connectivity index (χ0n) is 8.59. The third kappa shape index (κ3) is 4.05. The zero-order valence-corrected chi connectivity index (χ0v) is 11.8. The van der Waals surface area contributed by atoms with Crippen LogP contribution in [0.2, 0.25) is 0 Å². The molecule has 0 unspecified atom stereocenters. The number of hydrogen-bond acceptors (Lipinski definition) is 2. The van der Waals surface area contributed by atoms with Crippen LogP contribution in [0.3, 0.4) is 0 Å². The standard InChI is InChI=1S/C11H12Br2O2/c1-7(2)15-6-11(14)9-4-3-8(12)5-10(9)13/h3-5,7H,6H2,1-2H3. The van der Waals surface area contributed by atoms with E-state index >= 15 is 0 Å². The molecule has 0 aliphatic carbocycles. The van der Waals surface area contributed by atoms with Crippen molar-refractivity contribution in [3.05, 3.63) is 32.7 Å². The van der Waals surface area contributed by atoms with Gasteiger partial charge in [0.15, 0.2) is 5.78 Å².